The molecule has 2 aromatic heterocycles. The fourth-order valence-electron chi connectivity index (χ4n) is 4.28. The second kappa shape index (κ2) is 9.90. The number of aromatic nitrogens is 2. The molecule has 8 nitrogen and oxygen atoms in total. The van der Waals surface area contributed by atoms with Gasteiger partial charge in [0.2, 0.25) is 5.91 Å². The second-order valence-electron chi connectivity index (χ2n) is 8.61. The lowest BCUT2D eigenvalue weighted by molar-refractivity contribution is -0.134. The van der Waals surface area contributed by atoms with Gasteiger partial charge in [-0.3, -0.25) is 19.5 Å². The number of para-hydroxylation sites is 1. The summed E-state index contributed by atoms with van der Waals surface area (Å²) in [6, 6.07) is 12.9. The number of amides is 3. The Morgan fingerprint density at radius 2 is 1.97 bits per heavy atom. The molecule has 10 heteroatoms. The fraction of sp³-hybridized carbons (Fsp3) is 0.231. The molecule has 36 heavy (non-hydrogen) atoms. The maximum Gasteiger partial charge on any atom is 0.265 e. The smallest absolute Gasteiger partial charge is 0.265 e. The van der Waals surface area contributed by atoms with Crippen molar-refractivity contribution in [3.8, 4) is 0 Å². The average Bonchev–Trinajstić information content (AvgIpc) is 3.53. The first kappa shape index (κ1) is 23.7. The summed E-state index contributed by atoms with van der Waals surface area (Å²) < 4.78 is 14.5. The molecule has 3 heterocycles. The number of anilines is 1. The topological polar surface area (TPSA) is 107 Å². The van der Waals surface area contributed by atoms with Gasteiger partial charge in [-0.2, -0.15) is 5.10 Å². The van der Waals surface area contributed by atoms with Crippen molar-refractivity contribution >= 4 is 45.6 Å². The molecule has 4 aromatic rings. The van der Waals surface area contributed by atoms with Crippen LogP contribution < -0.4 is 10.6 Å². The van der Waals surface area contributed by atoms with Crippen LogP contribution in [0.15, 0.2) is 54.7 Å². The summed E-state index contributed by atoms with van der Waals surface area (Å²) in [5, 5.41) is 12.7. The summed E-state index contributed by atoms with van der Waals surface area (Å²) in [5.74, 6) is -1.76. The second-order valence-corrected chi connectivity index (χ2v) is 9.75. The third-order valence-electron chi connectivity index (χ3n) is 6.22. The molecule has 1 atom stereocenters. The number of halogens is 1. The van der Waals surface area contributed by atoms with E-state index in [2.05, 4.69) is 20.8 Å². The van der Waals surface area contributed by atoms with Crippen LogP contribution in [0.5, 0.6) is 0 Å². The van der Waals surface area contributed by atoms with Crippen molar-refractivity contribution in [1.82, 2.24) is 20.4 Å². The summed E-state index contributed by atoms with van der Waals surface area (Å²) in [4.78, 5) is 42.1. The highest BCUT2D eigenvalue weighted by Gasteiger charge is 2.30. The van der Waals surface area contributed by atoms with Gasteiger partial charge in [0.25, 0.3) is 11.8 Å². The van der Waals surface area contributed by atoms with Crippen LogP contribution >= 0.6 is 11.3 Å². The van der Waals surface area contributed by atoms with E-state index in [9.17, 15) is 18.8 Å². The Morgan fingerprint density at radius 1 is 1.17 bits per heavy atom. The average molecular weight is 506 g/mol. The summed E-state index contributed by atoms with van der Waals surface area (Å²) in [6.45, 7) is 2.63. The van der Waals surface area contributed by atoms with E-state index in [0.29, 0.717) is 41.7 Å². The number of nitrogens with one attached hydrogen (secondary N) is 3. The molecule has 3 N–H and O–H groups in total. The molecule has 0 bridgehead atoms. The van der Waals surface area contributed by atoms with Gasteiger partial charge in [0.05, 0.1) is 22.2 Å². The van der Waals surface area contributed by atoms with Gasteiger partial charge in [-0.15, -0.1) is 11.3 Å². The van der Waals surface area contributed by atoms with Crippen LogP contribution in [0, 0.1) is 5.82 Å². The number of H-pyrrole nitrogens is 1. The molecular formula is C26H24FN5O3S. The number of rotatable bonds is 6. The third kappa shape index (κ3) is 4.72. The summed E-state index contributed by atoms with van der Waals surface area (Å²) in [6.07, 6.45) is 2.49. The quantitative estimate of drug-likeness (QED) is 0.367. The number of carbonyl (C=O) groups excluding carboxylic acids is 3. The lowest BCUT2D eigenvalue weighted by atomic mass is 10.1. The first-order chi connectivity index (χ1) is 17.4. The van der Waals surface area contributed by atoms with Gasteiger partial charge in [-0.25, -0.2) is 4.39 Å². The summed E-state index contributed by atoms with van der Waals surface area (Å²) >= 11 is 1.43. The van der Waals surface area contributed by atoms with Crippen molar-refractivity contribution < 1.29 is 18.8 Å². The van der Waals surface area contributed by atoms with Gasteiger partial charge in [-0.1, -0.05) is 25.1 Å². The van der Waals surface area contributed by atoms with Crippen molar-refractivity contribution in [1.29, 1.82) is 0 Å². The Morgan fingerprint density at radius 3 is 2.75 bits per heavy atom. The molecule has 0 saturated heterocycles. The normalized spacial score (nSPS) is 13.8. The molecule has 0 spiro atoms. The molecular weight excluding hydrogens is 481 g/mol. The van der Waals surface area contributed by atoms with Crippen molar-refractivity contribution in [3.05, 3.63) is 81.4 Å². The monoisotopic (exact) mass is 505 g/mol. The number of nitrogens with zero attached hydrogens (tertiary/aromatic N) is 2. The van der Waals surface area contributed by atoms with E-state index >= 15 is 0 Å². The Bertz CT molecular complexity index is 1450. The maximum absolute atomic E-state index is 14.5. The summed E-state index contributed by atoms with van der Waals surface area (Å²) in [5.41, 5.74) is 2.00. The molecule has 0 unspecified atom stereocenters. The lowest BCUT2D eigenvalue weighted by Gasteiger charge is -2.30. The third-order valence-corrected chi connectivity index (χ3v) is 7.45. The van der Waals surface area contributed by atoms with Crippen molar-refractivity contribution in [2.45, 2.75) is 32.4 Å². The largest absolute Gasteiger partial charge is 0.340 e. The number of carbonyl (C=O) groups is 3. The predicted molar refractivity (Wildman–Crippen MR) is 135 cm³/mol. The zero-order valence-corrected chi connectivity index (χ0v) is 20.3. The maximum atomic E-state index is 14.5. The van der Waals surface area contributed by atoms with Crippen molar-refractivity contribution in [2.75, 3.05) is 11.9 Å². The molecule has 2 aromatic carbocycles. The van der Waals surface area contributed by atoms with Crippen molar-refractivity contribution in [3.63, 3.8) is 0 Å². The minimum atomic E-state index is -0.794. The number of benzene rings is 2. The molecule has 0 radical (unpaired) electrons. The Hall–Kier alpha value is -4.05. The number of hydrogen-bond acceptors (Lipinski definition) is 5. The highest BCUT2D eigenvalue weighted by atomic mass is 32.1. The number of thiophene rings is 1. The molecule has 0 fully saturated rings. The minimum absolute atomic E-state index is 0.136. The molecule has 1 aliphatic rings. The molecule has 0 aliphatic carbocycles. The van der Waals surface area contributed by atoms with E-state index in [0.717, 1.165) is 16.1 Å². The van der Waals surface area contributed by atoms with E-state index in [1.54, 1.807) is 11.8 Å². The van der Waals surface area contributed by atoms with E-state index in [-0.39, 0.29) is 17.4 Å². The zero-order valence-electron chi connectivity index (χ0n) is 19.5. The number of hydrogen-bond donors (Lipinski definition) is 3. The highest BCUT2D eigenvalue weighted by molar-refractivity contribution is 7.14. The van der Waals surface area contributed by atoms with E-state index in [4.69, 9.17) is 0 Å². The zero-order chi connectivity index (χ0) is 25.2. The van der Waals surface area contributed by atoms with Crippen LogP contribution in [0.1, 0.15) is 43.8 Å². The van der Waals surface area contributed by atoms with Gasteiger partial charge in [0.1, 0.15) is 11.9 Å². The number of aromatic amines is 1. The van der Waals surface area contributed by atoms with Crippen LogP contribution in [0.3, 0.4) is 0 Å². The first-order valence-corrected chi connectivity index (χ1v) is 12.4. The lowest BCUT2D eigenvalue weighted by Crippen LogP contribution is -2.49. The van der Waals surface area contributed by atoms with Gasteiger partial charge in [0.15, 0.2) is 0 Å². The Kier molecular flexibility index (Phi) is 6.51. The van der Waals surface area contributed by atoms with Gasteiger partial charge >= 0.3 is 0 Å². The van der Waals surface area contributed by atoms with Crippen LogP contribution in [0.4, 0.5) is 10.1 Å². The van der Waals surface area contributed by atoms with Gasteiger partial charge in [-0.05, 0) is 42.7 Å². The molecule has 184 valence electrons. The predicted octanol–water partition coefficient (Wildman–Crippen LogP) is 4.11. The minimum Gasteiger partial charge on any atom is -0.340 e. The molecule has 3 amide bonds. The van der Waals surface area contributed by atoms with Gasteiger partial charge in [0, 0.05) is 35.1 Å². The fourth-order valence-corrected chi connectivity index (χ4v) is 5.34. The number of fused-ring (bicyclic) bond motifs is 2. The Balaban J connectivity index is 1.26. The van der Waals surface area contributed by atoms with Crippen LogP contribution in [-0.4, -0.2) is 45.4 Å². The van der Waals surface area contributed by atoms with Gasteiger partial charge < -0.3 is 15.5 Å². The molecule has 5 rings (SSSR count). The van der Waals surface area contributed by atoms with Crippen molar-refractivity contribution in [2.24, 2.45) is 0 Å². The standard InChI is InChI=1S/C26H24FN5O3S/c1-2-20(30-24(33)18-10-15-13-28-31-21(15)12-19(18)27)26(35)32-9-8-22-16(14-32)11-23(36-22)25(34)29-17-6-4-3-5-7-17/h3-7,10-13,20H,2,8-9,14H2,1H3,(H,28,31)(H,29,34)(H,30,33)/t20-/m1/s1. The van der Waals surface area contributed by atoms with E-state index < -0.39 is 17.8 Å². The Labute approximate surface area is 210 Å². The van der Waals surface area contributed by atoms with Crippen LogP contribution in [-0.2, 0) is 17.8 Å². The SMILES string of the molecule is CC[C@@H](NC(=O)c1cc2cn[nH]c2cc1F)C(=O)N1CCc2sc(C(=O)Nc3ccccc3)cc2C1. The van der Waals surface area contributed by atoms with E-state index in [1.165, 1.54) is 29.7 Å². The van der Waals surface area contributed by atoms with E-state index in [1.807, 2.05) is 36.4 Å². The van der Waals surface area contributed by atoms with Crippen LogP contribution in [0.2, 0.25) is 0 Å². The van der Waals surface area contributed by atoms with Crippen LogP contribution in [0.25, 0.3) is 10.9 Å². The molecule has 1 aliphatic heterocycles. The first-order valence-electron chi connectivity index (χ1n) is 11.6. The molecule has 0 saturated carbocycles. The summed E-state index contributed by atoms with van der Waals surface area (Å²) in [7, 11) is 0. The highest BCUT2D eigenvalue weighted by Crippen LogP contribution is 2.29.